The quantitative estimate of drug-likeness (QED) is 0.521. The minimum Gasteiger partial charge on any atom is -0.379 e. The van der Waals surface area contributed by atoms with E-state index < -0.39 is 27.2 Å². The average molecular weight is 439 g/mol. The van der Waals surface area contributed by atoms with Crippen LogP contribution in [0.2, 0.25) is 0 Å². The van der Waals surface area contributed by atoms with Gasteiger partial charge in [0.15, 0.2) is 0 Å². The molecule has 0 aromatic heterocycles. The Bertz CT molecular complexity index is 954. The van der Waals surface area contributed by atoms with Crippen molar-refractivity contribution in [3.8, 4) is 0 Å². The molecule has 1 aromatic rings. The molecule has 3 fully saturated rings. The summed E-state index contributed by atoms with van der Waals surface area (Å²) in [7, 11) is -3.52. The molecule has 2 atom stereocenters. The second-order valence-electron chi connectivity index (χ2n) is 8.93. The number of sulfonamides is 1. The maximum Gasteiger partial charge on any atom is 0.365 e. The summed E-state index contributed by atoms with van der Waals surface area (Å²) >= 11 is 0. The highest BCUT2D eigenvalue weighted by Crippen LogP contribution is 2.64. The van der Waals surface area contributed by atoms with Crippen LogP contribution in [0.25, 0.3) is 0 Å². The zero-order valence-corrected chi connectivity index (χ0v) is 18.1. The van der Waals surface area contributed by atoms with Crippen molar-refractivity contribution in [3.63, 3.8) is 0 Å². The van der Waals surface area contributed by atoms with Crippen molar-refractivity contribution in [2.24, 2.45) is 21.9 Å². The zero-order chi connectivity index (χ0) is 21.6. The van der Waals surface area contributed by atoms with E-state index in [0.717, 1.165) is 6.42 Å². The number of hydrogen-bond acceptors (Lipinski definition) is 6. The lowest BCUT2D eigenvalue weighted by atomic mass is 9.70. The van der Waals surface area contributed by atoms with Crippen LogP contribution in [0, 0.1) is 22.6 Å². The van der Waals surface area contributed by atoms with Crippen molar-refractivity contribution < 1.29 is 27.2 Å². The number of morpholine rings is 1. The standard InChI is InChI=1S/C21H27FN2O5S/c1-20(2)16-7-8-21(20,14-30(26,27)24-9-11-28-12-10-24)18(13-16)23-29-19(25)15-3-5-17(22)6-4-15/h3-6,16H,7-14H2,1-2H3/b23-18+. The van der Waals surface area contributed by atoms with E-state index in [1.165, 1.54) is 28.6 Å². The first kappa shape index (κ1) is 21.4. The first-order chi connectivity index (χ1) is 14.2. The third kappa shape index (κ3) is 3.56. The zero-order valence-electron chi connectivity index (χ0n) is 17.3. The number of carbonyl (C=O) groups is 1. The van der Waals surface area contributed by atoms with Crippen LogP contribution in [-0.4, -0.2) is 56.5 Å². The number of ether oxygens (including phenoxy) is 1. The van der Waals surface area contributed by atoms with Crippen LogP contribution >= 0.6 is 0 Å². The summed E-state index contributed by atoms with van der Waals surface area (Å²) in [4.78, 5) is 17.5. The van der Waals surface area contributed by atoms with Gasteiger partial charge in [0.25, 0.3) is 0 Å². The Kier molecular flexibility index (Phi) is 5.48. The molecule has 2 aliphatic carbocycles. The molecule has 1 saturated heterocycles. The number of carbonyl (C=O) groups excluding carboxylic acids is 1. The molecule has 2 unspecified atom stereocenters. The molecule has 0 spiro atoms. The van der Waals surface area contributed by atoms with Gasteiger partial charge in [-0.2, -0.15) is 4.31 Å². The van der Waals surface area contributed by atoms with Gasteiger partial charge in [-0.25, -0.2) is 17.6 Å². The normalized spacial score (nSPS) is 30.0. The number of halogens is 1. The average Bonchev–Trinajstić information content (AvgIpc) is 3.07. The Labute approximate surface area is 176 Å². The van der Waals surface area contributed by atoms with Gasteiger partial charge < -0.3 is 9.57 Å². The topological polar surface area (TPSA) is 85.3 Å². The molecule has 30 heavy (non-hydrogen) atoms. The van der Waals surface area contributed by atoms with Gasteiger partial charge in [0, 0.05) is 18.5 Å². The second kappa shape index (κ2) is 7.69. The molecule has 164 valence electrons. The van der Waals surface area contributed by atoms with E-state index in [4.69, 9.17) is 9.57 Å². The number of nitrogens with zero attached hydrogens (tertiary/aromatic N) is 2. The van der Waals surface area contributed by atoms with Crippen molar-refractivity contribution >= 4 is 21.7 Å². The van der Waals surface area contributed by atoms with Gasteiger partial charge in [0.1, 0.15) is 5.82 Å². The summed E-state index contributed by atoms with van der Waals surface area (Å²) in [6.45, 7) is 5.68. The molecule has 9 heteroatoms. The van der Waals surface area contributed by atoms with E-state index in [0.29, 0.717) is 50.8 Å². The molecular formula is C21H27FN2O5S. The van der Waals surface area contributed by atoms with Crippen LogP contribution < -0.4 is 0 Å². The SMILES string of the molecule is CC1(C)C2CCC1(CS(=O)(=O)N1CCOCC1)/C(=N/OC(=O)c1ccc(F)cc1)C2. The predicted octanol–water partition coefficient (Wildman–Crippen LogP) is 2.83. The Balaban J connectivity index is 1.59. The van der Waals surface area contributed by atoms with Crippen LogP contribution in [0.15, 0.2) is 29.4 Å². The van der Waals surface area contributed by atoms with Crippen LogP contribution in [-0.2, 0) is 19.6 Å². The number of hydrogen-bond donors (Lipinski definition) is 0. The van der Waals surface area contributed by atoms with Gasteiger partial charge in [-0.3, -0.25) is 0 Å². The highest BCUT2D eigenvalue weighted by molar-refractivity contribution is 7.89. The maximum atomic E-state index is 13.2. The van der Waals surface area contributed by atoms with Gasteiger partial charge in [0.05, 0.1) is 30.2 Å². The van der Waals surface area contributed by atoms with Gasteiger partial charge in [0.2, 0.25) is 10.0 Å². The van der Waals surface area contributed by atoms with Crippen molar-refractivity contribution in [3.05, 3.63) is 35.6 Å². The molecule has 0 amide bonds. The summed E-state index contributed by atoms with van der Waals surface area (Å²) in [5.41, 5.74) is -0.111. The molecule has 7 nitrogen and oxygen atoms in total. The molecule has 1 aromatic carbocycles. The van der Waals surface area contributed by atoms with Crippen LogP contribution in [0.1, 0.15) is 43.5 Å². The lowest BCUT2D eigenvalue weighted by molar-refractivity contribution is 0.0508. The van der Waals surface area contributed by atoms with E-state index >= 15 is 0 Å². The van der Waals surface area contributed by atoms with Gasteiger partial charge in [-0.05, 0) is 54.9 Å². The fraction of sp³-hybridized carbons (Fsp3) is 0.619. The van der Waals surface area contributed by atoms with Crippen molar-refractivity contribution in [2.45, 2.75) is 33.1 Å². The Hall–Kier alpha value is -1.84. The number of oxime groups is 1. The van der Waals surface area contributed by atoms with E-state index in [2.05, 4.69) is 19.0 Å². The summed E-state index contributed by atoms with van der Waals surface area (Å²) in [6.07, 6.45) is 2.24. The van der Waals surface area contributed by atoms with Crippen molar-refractivity contribution in [1.82, 2.24) is 4.31 Å². The molecule has 1 aliphatic heterocycles. The van der Waals surface area contributed by atoms with E-state index in [1.807, 2.05) is 0 Å². The second-order valence-corrected chi connectivity index (χ2v) is 10.9. The number of rotatable bonds is 5. The Morgan fingerprint density at radius 3 is 2.57 bits per heavy atom. The van der Waals surface area contributed by atoms with Crippen LogP contribution in [0.4, 0.5) is 4.39 Å². The Morgan fingerprint density at radius 2 is 1.93 bits per heavy atom. The minimum absolute atomic E-state index is 0.0452. The van der Waals surface area contributed by atoms with Crippen LogP contribution in [0.5, 0.6) is 0 Å². The maximum absolute atomic E-state index is 13.2. The van der Waals surface area contributed by atoms with E-state index in [1.54, 1.807) is 0 Å². The van der Waals surface area contributed by atoms with Gasteiger partial charge >= 0.3 is 5.97 Å². The predicted molar refractivity (Wildman–Crippen MR) is 109 cm³/mol. The fourth-order valence-electron chi connectivity index (χ4n) is 5.23. The summed E-state index contributed by atoms with van der Waals surface area (Å²) in [5, 5.41) is 4.17. The highest BCUT2D eigenvalue weighted by Gasteiger charge is 2.64. The monoisotopic (exact) mass is 438 g/mol. The molecule has 0 N–H and O–H groups in total. The molecule has 2 saturated carbocycles. The van der Waals surface area contributed by atoms with Crippen molar-refractivity contribution in [2.75, 3.05) is 32.1 Å². The smallest absolute Gasteiger partial charge is 0.365 e. The van der Waals surface area contributed by atoms with E-state index in [9.17, 15) is 17.6 Å². The first-order valence-corrected chi connectivity index (χ1v) is 11.9. The molecule has 4 rings (SSSR count). The first-order valence-electron chi connectivity index (χ1n) is 10.3. The summed E-state index contributed by atoms with van der Waals surface area (Å²) < 4.78 is 46.3. The third-order valence-corrected chi connectivity index (χ3v) is 9.29. The van der Waals surface area contributed by atoms with Gasteiger partial charge in [-0.15, -0.1) is 0 Å². The summed E-state index contributed by atoms with van der Waals surface area (Å²) in [5.74, 6) is -0.883. The lowest BCUT2D eigenvalue weighted by Crippen LogP contribution is -2.49. The Morgan fingerprint density at radius 1 is 1.27 bits per heavy atom. The fourth-order valence-corrected chi connectivity index (χ4v) is 7.42. The third-order valence-electron chi connectivity index (χ3n) is 7.28. The van der Waals surface area contributed by atoms with Gasteiger partial charge in [-0.1, -0.05) is 19.0 Å². The number of fused-ring (bicyclic) bond motifs is 2. The minimum atomic E-state index is -3.52. The highest BCUT2D eigenvalue weighted by atomic mass is 32.2. The molecule has 1 heterocycles. The lowest BCUT2D eigenvalue weighted by Gasteiger charge is -2.39. The molecule has 0 radical (unpaired) electrons. The summed E-state index contributed by atoms with van der Waals surface area (Å²) in [6, 6.07) is 5.03. The largest absolute Gasteiger partial charge is 0.379 e. The van der Waals surface area contributed by atoms with Crippen LogP contribution in [0.3, 0.4) is 0 Å². The molecular weight excluding hydrogens is 411 g/mol. The van der Waals surface area contributed by atoms with Crippen molar-refractivity contribution in [1.29, 1.82) is 0 Å². The van der Waals surface area contributed by atoms with E-state index in [-0.39, 0.29) is 16.7 Å². The number of benzene rings is 1. The molecule has 3 aliphatic rings. The molecule has 2 bridgehead atoms.